The third-order valence-corrected chi connectivity index (χ3v) is 3.44. The highest BCUT2D eigenvalue weighted by Gasteiger charge is 2.09. The zero-order valence-corrected chi connectivity index (χ0v) is 11.4. The van der Waals surface area contributed by atoms with Gasteiger partial charge in [-0.15, -0.1) is 0 Å². The van der Waals surface area contributed by atoms with Crippen molar-refractivity contribution in [1.29, 1.82) is 0 Å². The Bertz CT molecular complexity index is 320. The average Bonchev–Trinajstić information content (AvgIpc) is 2.24. The highest BCUT2D eigenvalue weighted by Crippen LogP contribution is 2.24. The van der Waals surface area contributed by atoms with Crippen LogP contribution in [0, 0.1) is 5.92 Å². The van der Waals surface area contributed by atoms with Gasteiger partial charge in [0.2, 0.25) is 0 Å². The van der Waals surface area contributed by atoms with E-state index < -0.39 is 0 Å². The molecular formula is C13H19Cl2N. The van der Waals surface area contributed by atoms with Gasteiger partial charge in [-0.25, -0.2) is 0 Å². The first kappa shape index (κ1) is 13.8. The lowest BCUT2D eigenvalue weighted by Gasteiger charge is -2.15. The first-order chi connectivity index (χ1) is 7.67. The van der Waals surface area contributed by atoms with Crippen molar-refractivity contribution in [2.75, 3.05) is 13.6 Å². The molecule has 1 rings (SSSR count). The molecule has 0 fully saturated rings. The zero-order valence-electron chi connectivity index (χ0n) is 9.89. The summed E-state index contributed by atoms with van der Waals surface area (Å²) in [6, 6.07) is 5.91. The van der Waals surface area contributed by atoms with Crippen molar-refractivity contribution in [2.45, 2.75) is 26.2 Å². The number of hydrogen-bond donors (Lipinski definition) is 1. The normalized spacial score (nSPS) is 12.8. The maximum Gasteiger partial charge on any atom is 0.0595 e. The summed E-state index contributed by atoms with van der Waals surface area (Å²) in [4.78, 5) is 0. The lowest BCUT2D eigenvalue weighted by Crippen LogP contribution is -2.20. The van der Waals surface area contributed by atoms with Crippen LogP contribution in [0.2, 0.25) is 10.0 Å². The summed E-state index contributed by atoms with van der Waals surface area (Å²) in [5.41, 5.74) is 1.27. The molecule has 0 aliphatic rings. The molecule has 1 atom stereocenters. The fourth-order valence-corrected chi connectivity index (χ4v) is 2.29. The van der Waals surface area contributed by atoms with Crippen molar-refractivity contribution < 1.29 is 0 Å². The lowest BCUT2D eigenvalue weighted by atomic mass is 9.95. The van der Waals surface area contributed by atoms with Crippen molar-refractivity contribution in [2.24, 2.45) is 5.92 Å². The first-order valence-corrected chi connectivity index (χ1v) is 6.51. The first-order valence-electron chi connectivity index (χ1n) is 5.75. The van der Waals surface area contributed by atoms with Gasteiger partial charge in [-0.05, 0) is 50.0 Å². The third kappa shape index (κ3) is 4.32. The van der Waals surface area contributed by atoms with E-state index in [9.17, 15) is 0 Å². The zero-order chi connectivity index (χ0) is 12.0. The quantitative estimate of drug-likeness (QED) is 0.809. The standard InChI is InChI=1S/C13H19Cl2N/c1-3-4-11(9-16-2)7-10-5-6-12(14)13(15)8-10/h5-6,8,11,16H,3-4,7,9H2,1-2H3. The van der Waals surface area contributed by atoms with Gasteiger partial charge in [0.05, 0.1) is 10.0 Å². The fourth-order valence-electron chi connectivity index (χ4n) is 1.97. The molecule has 0 spiro atoms. The topological polar surface area (TPSA) is 12.0 Å². The predicted octanol–water partition coefficient (Wildman–Crippen LogP) is 4.17. The molecule has 0 saturated carbocycles. The minimum atomic E-state index is 0.631. The van der Waals surface area contributed by atoms with Crippen LogP contribution in [-0.2, 0) is 6.42 Å². The van der Waals surface area contributed by atoms with Crippen molar-refractivity contribution in [3.05, 3.63) is 33.8 Å². The minimum Gasteiger partial charge on any atom is -0.319 e. The van der Waals surface area contributed by atoms with Gasteiger partial charge >= 0.3 is 0 Å². The van der Waals surface area contributed by atoms with Crippen LogP contribution in [0.15, 0.2) is 18.2 Å². The maximum absolute atomic E-state index is 6.00. The van der Waals surface area contributed by atoms with Gasteiger partial charge in [0.25, 0.3) is 0 Å². The molecule has 16 heavy (non-hydrogen) atoms. The summed E-state index contributed by atoms with van der Waals surface area (Å²) < 4.78 is 0. The molecule has 1 aromatic rings. The monoisotopic (exact) mass is 259 g/mol. The number of nitrogens with one attached hydrogen (secondary N) is 1. The molecule has 1 N–H and O–H groups in total. The van der Waals surface area contributed by atoms with E-state index in [-0.39, 0.29) is 0 Å². The van der Waals surface area contributed by atoms with E-state index in [0.29, 0.717) is 16.0 Å². The Balaban J connectivity index is 2.65. The van der Waals surface area contributed by atoms with Crippen molar-refractivity contribution >= 4 is 23.2 Å². The Hall–Kier alpha value is -0.240. The van der Waals surface area contributed by atoms with Gasteiger partial charge in [0, 0.05) is 0 Å². The molecule has 0 aliphatic carbocycles. The average molecular weight is 260 g/mol. The summed E-state index contributed by atoms with van der Waals surface area (Å²) in [6.45, 7) is 3.27. The van der Waals surface area contributed by atoms with E-state index in [2.05, 4.69) is 18.3 Å². The molecular weight excluding hydrogens is 241 g/mol. The summed E-state index contributed by atoms with van der Waals surface area (Å²) >= 11 is 11.9. The fraction of sp³-hybridized carbons (Fsp3) is 0.538. The highest BCUT2D eigenvalue weighted by atomic mass is 35.5. The van der Waals surface area contributed by atoms with E-state index in [1.54, 1.807) is 0 Å². The van der Waals surface area contributed by atoms with Crippen LogP contribution in [0.5, 0.6) is 0 Å². The van der Waals surface area contributed by atoms with Gasteiger partial charge in [-0.2, -0.15) is 0 Å². The van der Waals surface area contributed by atoms with Gasteiger partial charge in [-0.3, -0.25) is 0 Å². The largest absolute Gasteiger partial charge is 0.319 e. The molecule has 0 saturated heterocycles. The smallest absolute Gasteiger partial charge is 0.0595 e. The molecule has 0 radical (unpaired) electrons. The number of rotatable bonds is 6. The predicted molar refractivity (Wildman–Crippen MR) is 72.5 cm³/mol. The summed E-state index contributed by atoms with van der Waals surface area (Å²) in [5.74, 6) is 0.673. The summed E-state index contributed by atoms with van der Waals surface area (Å²) in [5, 5.41) is 4.52. The number of benzene rings is 1. The van der Waals surface area contributed by atoms with E-state index in [4.69, 9.17) is 23.2 Å². The van der Waals surface area contributed by atoms with Gasteiger partial charge < -0.3 is 5.32 Å². The summed E-state index contributed by atoms with van der Waals surface area (Å²) in [6.07, 6.45) is 3.51. The number of halogens is 2. The van der Waals surface area contributed by atoms with E-state index in [1.807, 2.05) is 19.2 Å². The lowest BCUT2D eigenvalue weighted by molar-refractivity contribution is 0.456. The van der Waals surface area contributed by atoms with Gasteiger partial charge in [0.1, 0.15) is 0 Å². The Morgan fingerprint density at radius 3 is 2.56 bits per heavy atom. The minimum absolute atomic E-state index is 0.631. The molecule has 0 heterocycles. The SMILES string of the molecule is CCCC(CNC)Cc1ccc(Cl)c(Cl)c1. The van der Waals surface area contributed by atoms with Crippen LogP contribution in [0.25, 0.3) is 0 Å². The Morgan fingerprint density at radius 1 is 1.25 bits per heavy atom. The molecule has 1 aromatic carbocycles. The van der Waals surface area contributed by atoms with E-state index >= 15 is 0 Å². The van der Waals surface area contributed by atoms with Crippen molar-refractivity contribution in [3.8, 4) is 0 Å². The molecule has 90 valence electrons. The molecule has 0 aliphatic heterocycles. The molecule has 1 unspecified atom stereocenters. The maximum atomic E-state index is 6.00. The van der Waals surface area contributed by atoms with Crippen LogP contribution < -0.4 is 5.32 Å². The van der Waals surface area contributed by atoms with Crippen LogP contribution in [0.4, 0.5) is 0 Å². The van der Waals surface area contributed by atoms with E-state index in [0.717, 1.165) is 13.0 Å². The van der Waals surface area contributed by atoms with Gasteiger partial charge in [-0.1, -0.05) is 42.6 Å². The van der Waals surface area contributed by atoms with Gasteiger partial charge in [0.15, 0.2) is 0 Å². The molecule has 0 bridgehead atoms. The molecule has 3 heteroatoms. The highest BCUT2D eigenvalue weighted by molar-refractivity contribution is 6.42. The van der Waals surface area contributed by atoms with Crippen LogP contribution in [-0.4, -0.2) is 13.6 Å². The second-order valence-corrected chi connectivity index (χ2v) is 4.98. The molecule has 1 nitrogen and oxygen atoms in total. The van der Waals surface area contributed by atoms with Crippen molar-refractivity contribution in [1.82, 2.24) is 5.32 Å². The van der Waals surface area contributed by atoms with Crippen LogP contribution >= 0.6 is 23.2 Å². The van der Waals surface area contributed by atoms with Crippen LogP contribution in [0.3, 0.4) is 0 Å². The Labute approximate surface area is 108 Å². The molecule has 0 aromatic heterocycles. The van der Waals surface area contributed by atoms with Crippen molar-refractivity contribution in [3.63, 3.8) is 0 Å². The molecule has 0 amide bonds. The second-order valence-electron chi connectivity index (χ2n) is 4.16. The number of hydrogen-bond acceptors (Lipinski definition) is 1. The van der Waals surface area contributed by atoms with E-state index in [1.165, 1.54) is 18.4 Å². The Kier molecular flexibility index (Phi) is 6.18. The Morgan fingerprint density at radius 2 is 2.00 bits per heavy atom. The second kappa shape index (κ2) is 7.16. The van der Waals surface area contributed by atoms with Crippen LogP contribution in [0.1, 0.15) is 25.3 Å². The summed E-state index contributed by atoms with van der Waals surface area (Å²) in [7, 11) is 2.00. The third-order valence-electron chi connectivity index (χ3n) is 2.70.